The number of carbonyl (C=O) groups is 3. The number of carbonyl (C=O) groups excluding carboxylic acids is 3. The zero-order chi connectivity index (χ0) is 41.6. The van der Waals surface area contributed by atoms with Gasteiger partial charge in [-0.15, -0.1) is 0 Å². The predicted molar refractivity (Wildman–Crippen MR) is 201 cm³/mol. The standard InChI is InChI=1S/C39H60N4O13/c1-37(2,3)54-34(48)40-24-18-25(41-35(49)55-38(4,5)6)32(31(47)28(24)44)53-33-27(42-36(50)56-39(7,8)9)30(46)29(45)26(52-33)21-43(20-23-16-13-17-51-23)19-22-14-11-10-12-15-22/h10-17,24-33,44-47H,18-21H2,1-9H3,(H,40,48)(H,41,49)(H,42,50)/t24-,25+,26-,27-,28+,29-,30-,31-,32-,33-/m1/s1. The molecule has 1 aromatic heterocycles. The van der Waals surface area contributed by atoms with Gasteiger partial charge in [-0.1, -0.05) is 30.3 Å². The Bertz CT molecular complexity index is 1560. The van der Waals surface area contributed by atoms with Gasteiger partial charge < -0.3 is 64.5 Å². The number of aliphatic hydroxyl groups is 4. The first kappa shape index (κ1) is 44.7. The van der Waals surface area contributed by atoms with Crippen LogP contribution in [0.2, 0.25) is 0 Å². The highest BCUT2D eigenvalue weighted by Crippen LogP contribution is 2.31. The van der Waals surface area contributed by atoms with Crippen molar-refractivity contribution in [3.63, 3.8) is 0 Å². The van der Waals surface area contributed by atoms with E-state index in [1.54, 1.807) is 80.7 Å². The van der Waals surface area contributed by atoms with Gasteiger partial charge in [-0.25, -0.2) is 14.4 Å². The molecule has 1 aliphatic heterocycles. The minimum absolute atomic E-state index is 0.0319. The van der Waals surface area contributed by atoms with Crippen molar-refractivity contribution in [1.29, 1.82) is 0 Å². The minimum atomic E-state index is -1.79. The molecule has 10 atom stereocenters. The second kappa shape index (κ2) is 18.5. The van der Waals surface area contributed by atoms with E-state index < -0.39 is 96.1 Å². The molecule has 0 spiro atoms. The van der Waals surface area contributed by atoms with Gasteiger partial charge in [-0.3, -0.25) is 4.90 Å². The van der Waals surface area contributed by atoms with Crippen LogP contribution in [0.25, 0.3) is 0 Å². The lowest BCUT2D eigenvalue weighted by atomic mass is 9.83. The summed E-state index contributed by atoms with van der Waals surface area (Å²) in [6, 6.07) is 9.35. The largest absolute Gasteiger partial charge is 0.468 e. The molecule has 1 aliphatic carbocycles. The van der Waals surface area contributed by atoms with Crippen molar-refractivity contribution in [2.75, 3.05) is 6.54 Å². The lowest BCUT2D eigenvalue weighted by Crippen LogP contribution is -2.70. The Hall–Kier alpha value is -3.97. The summed E-state index contributed by atoms with van der Waals surface area (Å²) in [4.78, 5) is 40.9. The molecule has 1 aromatic carbocycles. The molecule has 2 fully saturated rings. The minimum Gasteiger partial charge on any atom is -0.468 e. The summed E-state index contributed by atoms with van der Waals surface area (Å²) in [6.07, 6.45) is -12.3. The van der Waals surface area contributed by atoms with Crippen molar-refractivity contribution < 1.29 is 62.9 Å². The zero-order valence-electron chi connectivity index (χ0n) is 33.6. The summed E-state index contributed by atoms with van der Waals surface area (Å²) in [5, 5.41) is 53.8. The monoisotopic (exact) mass is 792 g/mol. The van der Waals surface area contributed by atoms with Crippen LogP contribution in [0, 0.1) is 0 Å². The molecule has 2 aromatic rings. The fourth-order valence-corrected chi connectivity index (χ4v) is 6.45. The molecule has 0 radical (unpaired) electrons. The molecular formula is C39H60N4O13. The predicted octanol–water partition coefficient (Wildman–Crippen LogP) is 2.92. The normalized spacial score (nSPS) is 28.6. The zero-order valence-corrected chi connectivity index (χ0v) is 33.6. The van der Waals surface area contributed by atoms with Gasteiger partial charge >= 0.3 is 18.3 Å². The highest BCUT2D eigenvalue weighted by Gasteiger charge is 2.52. The van der Waals surface area contributed by atoms with Gasteiger partial charge in [0.2, 0.25) is 0 Å². The summed E-state index contributed by atoms with van der Waals surface area (Å²) in [5.41, 5.74) is -1.76. The number of hydrogen-bond acceptors (Lipinski definition) is 14. The van der Waals surface area contributed by atoms with Crippen LogP contribution < -0.4 is 16.0 Å². The molecule has 1 saturated carbocycles. The van der Waals surface area contributed by atoms with Gasteiger partial charge in [0.25, 0.3) is 0 Å². The molecule has 2 heterocycles. The van der Waals surface area contributed by atoms with Crippen molar-refractivity contribution >= 4 is 18.3 Å². The summed E-state index contributed by atoms with van der Waals surface area (Å²) in [7, 11) is 0. The SMILES string of the molecule is CC(C)(C)OC(=O)N[C@H]1[C@@H](O[C@H]2[C@H](O)[C@@H](O)[C@H](NC(=O)OC(C)(C)C)C[C@@H]2NC(=O)OC(C)(C)C)O[C@H](CN(Cc2ccccc2)Cc2ccco2)[C@@H](O)[C@@H]1O. The molecule has 7 N–H and O–H groups in total. The highest BCUT2D eigenvalue weighted by molar-refractivity contribution is 5.69. The van der Waals surface area contributed by atoms with E-state index in [-0.39, 0.29) is 13.0 Å². The summed E-state index contributed by atoms with van der Waals surface area (Å²) >= 11 is 0. The molecule has 2 aliphatic rings. The second-order valence-electron chi connectivity index (χ2n) is 17.3. The first-order chi connectivity index (χ1) is 26.0. The lowest BCUT2D eigenvalue weighted by molar-refractivity contribution is -0.296. The average Bonchev–Trinajstić information content (AvgIpc) is 3.56. The quantitative estimate of drug-likeness (QED) is 0.162. The fraction of sp³-hybridized carbons (Fsp3) is 0.667. The average molecular weight is 793 g/mol. The first-order valence-electron chi connectivity index (χ1n) is 18.8. The van der Waals surface area contributed by atoms with E-state index in [2.05, 4.69) is 16.0 Å². The van der Waals surface area contributed by atoms with E-state index in [0.717, 1.165) is 5.56 Å². The van der Waals surface area contributed by atoms with E-state index in [4.69, 9.17) is 28.1 Å². The van der Waals surface area contributed by atoms with E-state index in [9.17, 15) is 34.8 Å². The Morgan fingerprint density at radius 1 is 0.696 bits per heavy atom. The van der Waals surface area contributed by atoms with Crippen molar-refractivity contribution in [2.24, 2.45) is 0 Å². The molecule has 56 heavy (non-hydrogen) atoms. The molecule has 314 valence electrons. The number of ether oxygens (including phenoxy) is 5. The molecule has 3 amide bonds. The van der Waals surface area contributed by atoms with E-state index in [1.807, 2.05) is 35.2 Å². The van der Waals surface area contributed by atoms with E-state index >= 15 is 0 Å². The van der Waals surface area contributed by atoms with Crippen LogP contribution in [0.1, 0.15) is 80.1 Å². The molecule has 0 bridgehead atoms. The molecule has 17 heteroatoms. The van der Waals surface area contributed by atoms with Crippen LogP contribution >= 0.6 is 0 Å². The topological polar surface area (TPSA) is 231 Å². The van der Waals surface area contributed by atoms with Crippen molar-refractivity contribution in [2.45, 2.75) is 160 Å². The van der Waals surface area contributed by atoms with Gasteiger partial charge in [0.1, 0.15) is 65.2 Å². The van der Waals surface area contributed by atoms with Gasteiger partial charge in [-0.05, 0) is 86.4 Å². The smallest absolute Gasteiger partial charge is 0.408 e. The van der Waals surface area contributed by atoms with Gasteiger partial charge in [0.05, 0.1) is 24.9 Å². The van der Waals surface area contributed by atoms with Crippen molar-refractivity contribution in [3.05, 3.63) is 60.1 Å². The van der Waals surface area contributed by atoms with Crippen LogP contribution in [0.15, 0.2) is 53.1 Å². The third-order valence-electron chi connectivity index (χ3n) is 8.73. The molecular weight excluding hydrogens is 732 g/mol. The Morgan fingerprint density at radius 2 is 1.25 bits per heavy atom. The maximum absolute atomic E-state index is 13.1. The maximum atomic E-state index is 13.1. The highest BCUT2D eigenvalue weighted by atomic mass is 16.7. The van der Waals surface area contributed by atoms with Crippen LogP contribution in [-0.2, 0) is 36.8 Å². The number of furan rings is 1. The van der Waals surface area contributed by atoms with Gasteiger partial charge in [-0.2, -0.15) is 0 Å². The number of nitrogens with zero attached hydrogens (tertiary/aromatic N) is 1. The Kier molecular flexibility index (Phi) is 14.8. The number of rotatable bonds is 11. The van der Waals surface area contributed by atoms with Crippen molar-refractivity contribution in [1.82, 2.24) is 20.9 Å². The Morgan fingerprint density at radius 3 is 1.79 bits per heavy atom. The summed E-state index contributed by atoms with van der Waals surface area (Å²) < 4.78 is 34.6. The Labute approximate surface area is 327 Å². The van der Waals surface area contributed by atoms with Crippen LogP contribution in [0.3, 0.4) is 0 Å². The number of benzene rings is 1. The lowest BCUT2D eigenvalue weighted by Gasteiger charge is -2.48. The first-order valence-corrected chi connectivity index (χ1v) is 18.8. The van der Waals surface area contributed by atoms with E-state index in [1.165, 1.54) is 0 Å². The molecule has 17 nitrogen and oxygen atoms in total. The van der Waals surface area contributed by atoms with Crippen LogP contribution in [0.4, 0.5) is 14.4 Å². The summed E-state index contributed by atoms with van der Waals surface area (Å²) in [5.74, 6) is 0.633. The number of hydrogen-bond donors (Lipinski definition) is 7. The number of nitrogens with one attached hydrogen (secondary N) is 3. The van der Waals surface area contributed by atoms with Crippen molar-refractivity contribution in [3.8, 4) is 0 Å². The van der Waals surface area contributed by atoms with Gasteiger partial charge in [0.15, 0.2) is 6.29 Å². The van der Waals surface area contributed by atoms with Crippen LogP contribution in [-0.4, -0.2) is 128 Å². The summed E-state index contributed by atoms with van der Waals surface area (Å²) in [6.45, 7) is 15.7. The molecule has 4 rings (SSSR count). The third-order valence-corrected chi connectivity index (χ3v) is 8.73. The Balaban J connectivity index is 1.66. The number of amides is 3. The van der Waals surface area contributed by atoms with Gasteiger partial charge in [0, 0.05) is 13.1 Å². The fourth-order valence-electron chi connectivity index (χ4n) is 6.45. The maximum Gasteiger partial charge on any atom is 0.408 e. The number of alkyl carbamates (subject to hydrolysis) is 3. The molecule has 1 saturated heterocycles. The number of aliphatic hydroxyl groups excluding tert-OH is 4. The molecule has 0 unspecified atom stereocenters. The van der Waals surface area contributed by atoms with E-state index in [0.29, 0.717) is 18.8 Å². The third kappa shape index (κ3) is 13.6. The van der Waals surface area contributed by atoms with Crippen LogP contribution in [0.5, 0.6) is 0 Å². The second-order valence-corrected chi connectivity index (χ2v) is 17.3.